The number of halogens is 2. The quantitative estimate of drug-likeness (QED) is 0.846. The van der Waals surface area contributed by atoms with Gasteiger partial charge in [-0.3, -0.25) is 4.68 Å². The van der Waals surface area contributed by atoms with E-state index in [4.69, 9.17) is 23.2 Å². The lowest BCUT2D eigenvalue weighted by molar-refractivity contribution is 0.503. The first-order valence-corrected chi connectivity index (χ1v) is 6.23. The largest absolute Gasteiger partial charge is 0.252 e. The maximum atomic E-state index is 6.21. The number of benzene rings is 1. The number of aromatic nitrogens is 3. The fraction of sp³-hybridized carbons (Fsp3) is 0.333. The summed E-state index contributed by atoms with van der Waals surface area (Å²) in [5.41, 5.74) is 1.11. The van der Waals surface area contributed by atoms with Crippen LogP contribution in [-0.2, 0) is 6.54 Å². The fourth-order valence-corrected chi connectivity index (χ4v) is 2.40. The predicted molar refractivity (Wildman–Crippen MR) is 69.5 cm³/mol. The maximum Gasteiger partial charge on any atom is 0.137 e. The lowest BCUT2D eigenvalue weighted by atomic mass is 9.96. The highest BCUT2D eigenvalue weighted by Crippen LogP contribution is 2.30. The van der Waals surface area contributed by atoms with E-state index in [9.17, 15) is 0 Å². The zero-order valence-electron chi connectivity index (χ0n) is 9.48. The monoisotopic (exact) mass is 269 g/mol. The Labute approximate surface area is 110 Å². The summed E-state index contributed by atoms with van der Waals surface area (Å²) < 4.78 is 1.82. The van der Waals surface area contributed by atoms with E-state index in [0.717, 1.165) is 18.5 Å². The van der Waals surface area contributed by atoms with Crippen LogP contribution in [-0.4, -0.2) is 14.8 Å². The second-order valence-corrected chi connectivity index (χ2v) is 4.73. The molecule has 0 bridgehead atoms. The van der Waals surface area contributed by atoms with Gasteiger partial charge in [-0.2, -0.15) is 5.10 Å². The molecule has 90 valence electrons. The Balaban J connectivity index is 2.23. The van der Waals surface area contributed by atoms with Crippen LogP contribution < -0.4 is 0 Å². The molecule has 2 rings (SSSR count). The molecule has 2 aromatic rings. The number of rotatable bonds is 4. The van der Waals surface area contributed by atoms with Gasteiger partial charge in [-0.05, 0) is 24.1 Å². The van der Waals surface area contributed by atoms with Crippen molar-refractivity contribution in [1.82, 2.24) is 14.8 Å². The van der Waals surface area contributed by atoms with Crippen LogP contribution in [0.4, 0.5) is 0 Å². The third-order valence-corrected chi connectivity index (χ3v) is 3.33. The van der Waals surface area contributed by atoms with Gasteiger partial charge in [0.25, 0.3) is 0 Å². The maximum absolute atomic E-state index is 6.21. The molecule has 0 radical (unpaired) electrons. The Bertz CT molecular complexity index is 483. The topological polar surface area (TPSA) is 30.7 Å². The van der Waals surface area contributed by atoms with Crippen molar-refractivity contribution in [3.05, 3.63) is 46.5 Å². The van der Waals surface area contributed by atoms with Gasteiger partial charge >= 0.3 is 0 Å². The van der Waals surface area contributed by atoms with Crippen molar-refractivity contribution in [3.8, 4) is 0 Å². The first-order chi connectivity index (χ1) is 8.20. The molecule has 0 fully saturated rings. The molecule has 0 aliphatic heterocycles. The minimum atomic E-state index is 0.321. The van der Waals surface area contributed by atoms with Crippen LogP contribution in [0.3, 0.4) is 0 Å². The second-order valence-electron chi connectivity index (χ2n) is 3.89. The number of hydrogen-bond donors (Lipinski definition) is 0. The van der Waals surface area contributed by atoms with Crippen LogP contribution in [0.2, 0.25) is 10.0 Å². The number of nitrogens with zero attached hydrogens (tertiary/aromatic N) is 3. The molecule has 0 spiro atoms. The van der Waals surface area contributed by atoms with E-state index in [0.29, 0.717) is 16.0 Å². The predicted octanol–water partition coefficient (Wildman–Crippen LogP) is 3.78. The van der Waals surface area contributed by atoms with Crippen LogP contribution in [0.15, 0.2) is 30.9 Å². The highest BCUT2D eigenvalue weighted by Gasteiger charge is 2.14. The van der Waals surface area contributed by atoms with Crippen LogP contribution >= 0.6 is 23.2 Å². The molecule has 1 heterocycles. The summed E-state index contributed by atoms with van der Waals surface area (Å²) in [7, 11) is 0. The Kier molecular flexibility index (Phi) is 4.02. The summed E-state index contributed by atoms with van der Waals surface area (Å²) >= 11 is 12.1. The molecule has 17 heavy (non-hydrogen) atoms. The summed E-state index contributed by atoms with van der Waals surface area (Å²) in [5, 5.41) is 5.49. The third-order valence-electron chi connectivity index (χ3n) is 2.77. The highest BCUT2D eigenvalue weighted by molar-refractivity contribution is 6.35. The molecular weight excluding hydrogens is 257 g/mol. The second kappa shape index (κ2) is 5.52. The molecule has 0 aliphatic rings. The van der Waals surface area contributed by atoms with Crippen molar-refractivity contribution >= 4 is 23.2 Å². The van der Waals surface area contributed by atoms with E-state index < -0.39 is 0 Å². The van der Waals surface area contributed by atoms with Gasteiger partial charge in [0.2, 0.25) is 0 Å². The molecule has 0 N–H and O–H groups in total. The van der Waals surface area contributed by atoms with Crippen LogP contribution in [0, 0.1) is 0 Å². The van der Waals surface area contributed by atoms with Crippen molar-refractivity contribution in [3.63, 3.8) is 0 Å². The van der Waals surface area contributed by atoms with Gasteiger partial charge in [-0.25, -0.2) is 4.98 Å². The summed E-state index contributed by atoms with van der Waals surface area (Å²) in [4.78, 5) is 3.94. The lowest BCUT2D eigenvalue weighted by Gasteiger charge is -2.16. The first kappa shape index (κ1) is 12.4. The molecule has 3 nitrogen and oxygen atoms in total. The molecule has 0 aliphatic carbocycles. The smallest absolute Gasteiger partial charge is 0.137 e. The summed E-state index contributed by atoms with van der Waals surface area (Å²) in [6, 6.07) is 5.63. The highest BCUT2D eigenvalue weighted by atomic mass is 35.5. The summed E-state index contributed by atoms with van der Waals surface area (Å²) in [6.45, 7) is 2.91. The van der Waals surface area contributed by atoms with E-state index in [1.165, 1.54) is 6.33 Å². The Morgan fingerprint density at radius 2 is 2.18 bits per heavy atom. The van der Waals surface area contributed by atoms with Gasteiger partial charge in [-0.1, -0.05) is 36.2 Å². The minimum Gasteiger partial charge on any atom is -0.252 e. The minimum absolute atomic E-state index is 0.321. The van der Waals surface area contributed by atoms with E-state index in [-0.39, 0.29) is 0 Å². The molecular formula is C12H13Cl2N3. The van der Waals surface area contributed by atoms with Gasteiger partial charge in [-0.15, -0.1) is 0 Å². The molecule has 5 heteroatoms. The molecule has 1 atom stereocenters. The summed E-state index contributed by atoms with van der Waals surface area (Å²) in [6.07, 6.45) is 4.24. The Hall–Kier alpha value is -1.06. The molecule has 0 amide bonds. The SMILES string of the molecule is CCC(Cn1cncn1)c1ccc(Cl)cc1Cl. The zero-order valence-corrected chi connectivity index (χ0v) is 11.0. The molecule has 1 aromatic heterocycles. The molecule has 1 unspecified atom stereocenters. The zero-order chi connectivity index (χ0) is 12.3. The fourth-order valence-electron chi connectivity index (χ4n) is 1.83. The van der Waals surface area contributed by atoms with E-state index >= 15 is 0 Å². The van der Waals surface area contributed by atoms with Crippen molar-refractivity contribution < 1.29 is 0 Å². The van der Waals surface area contributed by atoms with Gasteiger partial charge < -0.3 is 0 Å². The molecule has 0 saturated carbocycles. The van der Waals surface area contributed by atoms with Crippen molar-refractivity contribution in [1.29, 1.82) is 0 Å². The van der Waals surface area contributed by atoms with Crippen molar-refractivity contribution in [2.24, 2.45) is 0 Å². The Morgan fingerprint density at radius 3 is 2.76 bits per heavy atom. The molecule has 0 saturated heterocycles. The van der Waals surface area contributed by atoms with E-state index in [1.54, 1.807) is 12.4 Å². The van der Waals surface area contributed by atoms with Gasteiger partial charge in [0.1, 0.15) is 12.7 Å². The van der Waals surface area contributed by atoms with Gasteiger partial charge in [0.05, 0.1) is 0 Å². The normalized spacial score (nSPS) is 12.6. The van der Waals surface area contributed by atoms with Crippen LogP contribution in [0.1, 0.15) is 24.8 Å². The Morgan fingerprint density at radius 1 is 1.35 bits per heavy atom. The van der Waals surface area contributed by atoms with E-state index in [1.807, 2.05) is 16.8 Å². The number of hydrogen-bond acceptors (Lipinski definition) is 2. The van der Waals surface area contributed by atoms with Crippen LogP contribution in [0.5, 0.6) is 0 Å². The average molecular weight is 270 g/mol. The lowest BCUT2D eigenvalue weighted by Crippen LogP contribution is -2.09. The molecule has 1 aromatic carbocycles. The third kappa shape index (κ3) is 2.99. The van der Waals surface area contributed by atoms with Crippen LogP contribution in [0.25, 0.3) is 0 Å². The van der Waals surface area contributed by atoms with Gasteiger partial charge in [0.15, 0.2) is 0 Å². The van der Waals surface area contributed by atoms with Crippen molar-refractivity contribution in [2.75, 3.05) is 0 Å². The standard InChI is InChI=1S/C12H13Cl2N3/c1-2-9(6-17-8-15-7-16-17)11-4-3-10(13)5-12(11)14/h3-5,7-9H,2,6H2,1H3. The first-order valence-electron chi connectivity index (χ1n) is 5.48. The van der Waals surface area contributed by atoms with Crippen molar-refractivity contribution in [2.45, 2.75) is 25.8 Å². The summed E-state index contributed by atoms with van der Waals surface area (Å²) in [5.74, 6) is 0.321. The van der Waals surface area contributed by atoms with Gasteiger partial charge in [0, 0.05) is 22.5 Å². The van der Waals surface area contributed by atoms with E-state index in [2.05, 4.69) is 17.0 Å². The average Bonchev–Trinajstić information content (AvgIpc) is 2.79.